The van der Waals surface area contributed by atoms with Gasteiger partial charge in [-0.15, -0.1) is 0 Å². The number of nitrogens with two attached hydrogens (primary N) is 1. The normalized spacial score (nSPS) is 13.5. The third-order valence-electron chi connectivity index (χ3n) is 4.21. The Bertz CT molecular complexity index is 1240. The number of benzene rings is 1. The zero-order chi connectivity index (χ0) is 20.0. The topological polar surface area (TPSA) is 114 Å². The van der Waals surface area contributed by atoms with Crippen LogP contribution >= 0.6 is 23.2 Å². The predicted molar refractivity (Wildman–Crippen MR) is 103 cm³/mol. The molecule has 0 aliphatic heterocycles. The summed E-state index contributed by atoms with van der Waals surface area (Å²) in [6.07, 6.45) is 4.40. The Morgan fingerprint density at radius 2 is 1.75 bits per heavy atom. The first-order valence-corrected chi connectivity index (χ1v) is 8.96. The minimum atomic E-state index is -0.857. The van der Waals surface area contributed by atoms with Gasteiger partial charge in [-0.25, -0.2) is 4.79 Å². The van der Waals surface area contributed by atoms with Crippen molar-refractivity contribution in [2.45, 2.75) is 18.9 Å². The van der Waals surface area contributed by atoms with Gasteiger partial charge in [-0.1, -0.05) is 23.2 Å². The Kier molecular flexibility index (Phi) is 4.48. The number of nitrogens with zero attached hydrogens (tertiary/aromatic N) is 4. The monoisotopic (exact) mass is 421 g/mol. The highest BCUT2D eigenvalue weighted by molar-refractivity contribution is 6.37. The molecule has 4 rings (SSSR count). The molecule has 2 aromatic heterocycles. The summed E-state index contributed by atoms with van der Waals surface area (Å²) < 4.78 is 8.68. The van der Waals surface area contributed by atoms with Gasteiger partial charge in [0.05, 0.1) is 21.9 Å². The van der Waals surface area contributed by atoms with Crippen LogP contribution in [0.2, 0.25) is 10.0 Å². The van der Waals surface area contributed by atoms with E-state index >= 15 is 0 Å². The van der Waals surface area contributed by atoms with E-state index in [-0.39, 0.29) is 33.1 Å². The lowest BCUT2D eigenvalue weighted by Gasteiger charge is -2.13. The highest BCUT2D eigenvalue weighted by atomic mass is 35.5. The fourth-order valence-corrected chi connectivity index (χ4v) is 3.21. The van der Waals surface area contributed by atoms with Crippen LogP contribution in [-0.4, -0.2) is 19.0 Å². The molecule has 1 aliphatic carbocycles. The lowest BCUT2D eigenvalue weighted by atomic mass is 10.3. The van der Waals surface area contributed by atoms with Crippen molar-refractivity contribution in [2.24, 2.45) is 0 Å². The van der Waals surface area contributed by atoms with Crippen molar-refractivity contribution in [1.29, 1.82) is 0 Å². The van der Waals surface area contributed by atoms with Crippen LogP contribution in [0.25, 0.3) is 5.69 Å². The van der Waals surface area contributed by atoms with Gasteiger partial charge in [-0.2, -0.15) is 14.5 Å². The summed E-state index contributed by atoms with van der Waals surface area (Å²) in [6.45, 7) is 0. The van der Waals surface area contributed by atoms with Crippen molar-refractivity contribution < 1.29 is 4.74 Å². The molecule has 9 nitrogen and oxygen atoms in total. The molecule has 2 N–H and O–H groups in total. The van der Waals surface area contributed by atoms with Crippen LogP contribution < -0.4 is 27.4 Å². The zero-order valence-electron chi connectivity index (χ0n) is 14.2. The van der Waals surface area contributed by atoms with Crippen molar-refractivity contribution in [3.8, 4) is 17.2 Å². The molecular formula is C17H13Cl2N5O4. The quantitative estimate of drug-likeness (QED) is 0.641. The van der Waals surface area contributed by atoms with E-state index in [1.807, 2.05) is 0 Å². The minimum absolute atomic E-state index is 0.107. The number of aromatic nitrogens is 4. The molecule has 144 valence electrons. The average molecular weight is 422 g/mol. The first kappa shape index (κ1) is 18.3. The summed E-state index contributed by atoms with van der Waals surface area (Å²) in [6, 6.07) is 5.93. The van der Waals surface area contributed by atoms with E-state index in [9.17, 15) is 14.4 Å². The predicted octanol–water partition coefficient (Wildman–Crippen LogP) is 1.70. The van der Waals surface area contributed by atoms with E-state index in [4.69, 9.17) is 33.8 Å². The SMILES string of the molecule is Nn1c(=O)cnn(-c2cc(Cl)c(Oc3ccc(=O)n(C4CC4)c3)c(Cl)c2)c1=O. The second-order valence-electron chi connectivity index (χ2n) is 6.23. The smallest absolute Gasteiger partial charge is 0.370 e. The average Bonchev–Trinajstić information content (AvgIpc) is 3.49. The molecule has 0 bridgehead atoms. The van der Waals surface area contributed by atoms with Crippen molar-refractivity contribution in [1.82, 2.24) is 19.0 Å². The summed E-state index contributed by atoms with van der Waals surface area (Å²) in [7, 11) is 0. The number of halogens is 2. The number of rotatable bonds is 4. The summed E-state index contributed by atoms with van der Waals surface area (Å²) in [4.78, 5) is 35.4. The highest BCUT2D eigenvalue weighted by Gasteiger charge is 2.24. The van der Waals surface area contributed by atoms with E-state index in [1.165, 1.54) is 24.3 Å². The Hall–Kier alpha value is -3.04. The standard InChI is InChI=1S/C17H13Cl2N5O4/c18-12-5-10(24-17(27)23(20)15(26)7-21-24)6-13(19)16(12)28-11-3-4-14(25)22(8-11)9-1-2-9/h3-9H,1-2,20H2. The van der Waals surface area contributed by atoms with Crippen LogP contribution in [0.15, 0.2) is 51.0 Å². The molecule has 28 heavy (non-hydrogen) atoms. The Morgan fingerprint density at radius 1 is 1.07 bits per heavy atom. The van der Waals surface area contributed by atoms with Crippen LogP contribution in [-0.2, 0) is 0 Å². The summed E-state index contributed by atoms with van der Waals surface area (Å²) in [5, 5.41) is 3.96. The van der Waals surface area contributed by atoms with Crippen LogP contribution in [0.4, 0.5) is 0 Å². The molecule has 1 saturated carbocycles. The van der Waals surface area contributed by atoms with Gasteiger partial charge in [0.25, 0.3) is 11.1 Å². The number of ether oxygens (including phenoxy) is 1. The Balaban J connectivity index is 1.72. The fourth-order valence-electron chi connectivity index (χ4n) is 2.66. The maximum atomic E-state index is 12.1. The Labute approximate surface area is 167 Å². The molecule has 0 saturated heterocycles. The van der Waals surface area contributed by atoms with Crippen molar-refractivity contribution in [3.05, 3.63) is 77.9 Å². The third-order valence-corrected chi connectivity index (χ3v) is 4.77. The van der Waals surface area contributed by atoms with E-state index < -0.39 is 11.2 Å². The third kappa shape index (κ3) is 3.30. The maximum absolute atomic E-state index is 12.1. The van der Waals surface area contributed by atoms with Crippen molar-refractivity contribution in [3.63, 3.8) is 0 Å². The van der Waals surface area contributed by atoms with Crippen LogP contribution in [0, 0.1) is 0 Å². The van der Waals surface area contributed by atoms with E-state index in [0.29, 0.717) is 10.4 Å². The van der Waals surface area contributed by atoms with E-state index in [2.05, 4.69) is 5.10 Å². The van der Waals surface area contributed by atoms with Crippen molar-refractivity contribution >= 4 is 23.2 Å². The van der Waals surface area contributed by atoms with Gasteiger partial charge < -0.3 is 15.1 Å². The second-order valence-corrected chi connectivity index (χ2v) is 7.04. The summed E-state index contributed by atoms with van der Waals surface area (Å²) in [5.41, 5.74) is -1.51. The lowest BCUT2D eigenvalue weighted by molar-refractivity contribution is 0.473. The zero-order valence-corrected chi connectivity index (χ0v) is 15.7. The van der Waals surface area contributed by atoms with Gasteiger partial charge in [-0.3, -0.25) is 9.59 Å². The first-order chi connectivity index (χ1) is 13.3. The molecule has 0 spiro atoms. The fraction of sp³-hybridized carbons (Fsp3) is 0.176. The highest BCUT2D eigenvalue weighted by Crippen LogP contribution is 2.39. The minimum Gasteiger partial charge on any atom is -0.453 e. The molecule has 11 heteroatoms. The molecule has 2 heterocycles. The molecule has 1 aliphatic rings. The molecule has 1 fully saturated rings. The number of hydrogen-bond donors (Lipinski definition) is 1. The van der Waals surface area contributed by atoms with Gasteiger partial charge in [0.2, 0.25) is 0 Å². The van der Waals surface area contributed by atoms with Gasteiger partial charge in [0, 0.05) is 12.1 Å². The molecule has 0 amide bonds. The molecule has 0 radical (unpaired) electrons. The number of nitrogen functional groups attached to an aromatic ring is 1. The summed E-state index contributed by atoms with van der Waals surface area (Å²) >= 11 is 12.6. The summed E-state index contributed by atoms with van der Waals surface area (Å²) in [5.74, 6) is 5.95. The lowest BCUT2D eigenvalue weighted by Crippen LogP contribution is -2.44. The first-order valence-electron chi connectivity index (χ1n) is 8.21. The number of hydrogen-bond acceptors (Lipinski definition) is 6. The van der Waals surface area contributed by atoms with Crippen LogP contribution in [0.1, 0.15) is 18.9 Å². The van der Waals surface area contributed by atoms with Crippen LogP contribution in [0.3, 0.4) is 0 Å². The maximum Gasteiger partial charge on any atom is 0.370 e. The van der Waals surface area contributed by atoms with E-state index in [0.717, 1.165) is 23.7 Å². The van der Waals surface area contributed by atoms with E-state index in [1.54, 1.807) is 10.8 Å². The van der Waals surface area contributed by atoms with Crippen molar-refractivity contribution in [2.75, 3.05) is 5.84 Å². The van der Waals surface area contributed by atoms with Gasteiger partial charge in [-0.05, 0) is 31.0 Å². The van der Waals surface area contributed by atoms with Gasteiger partial charge in [0.1, 0.15) is 11.9 Å². The largest absolute Gasteiger partial charge is 0.453 e. The molecule has 3 aromatic rings. The molecular weight excluding hydrogens is 409 g/mol. The molecule has 0 atom stereocenters. The van der Waals surface area contributed by atoms with Crippen LogP contribution in [0.5, 0.6) is 11.5 Å². The molecule has 1 aromatic carbocycles. The number of pyridine rings is 1. The van der Waals surface area contributed by atoms with Gasteiger partial charge in [0.15, 0.2) is 5.75 Å². The second kappa shape index (κ2) is 6.84. The van der Waals surface area contributed by atoms with Gasteiger partial charge >= 0.3 is 5.69 Å². The Morgan fingerprint density at radius 3 is 2.39 bits per heavy atom. The molecule has 0 unspecified atom stereocenters.